The van der Waals surface area contributed by atoms with Crippen LogP contribution in [-0.2, 0) is 4.79 Å². The summed E-state index contributed by atoms with van der Waals surface area (Å²) in [5.74, 6) is 3.14. The van der Waals surface area contributed by atoms with Gasteiger partial charge in [-0.15, -0.1) is 12.3 Å². The number of carbonyl (C=O) groups excluding carboxylic acids is 1. The molecular weight excluding hydrogens is 212 g/mol. The van der Waals surface area contributed by atoms with Crippen molar-refractivity contribution in [2.45, 2.75) is 46.1 Å². The minimum absolute atomic E-state index is 0.115. The molecule has 0 radical (unpaired) electrons. The van der Waals surface area contributed by atoms with Crippen LogP contribution in [0.2, 0.25) is 0 Å². The first-order chi connectivity index (χ1) is 8.06. The number of hydrogen-bond acceptors (Lipinski definition) is 2. The average Bonchev–Trinajstić information content (AvgIpc) is 2.78. The zero-order valence-electron chi connectivity index (χ0n) is 11.2. The van der Waals surface area contributed by atoms with Gasteiger partial charge in [0, 0.05) is 19.0 Å². The van der Waals surface area contributed by atoms with Gasteiger partial charge in [0.25, 0.3) is 0 Å². The van der Waals surface area contributed by atoms with Crippen molar-refractivity contribution in [3.63, 3.8) is 0 Å². The summed E-state index contributed by atoms with van der Waals surface area (Å²) in [6, 6.07) is 0.115. The fourth-order valence-corrected chi connectivity index (χ4v) is 2.43. The summed E-state index contributed by atoms with van der Waals surface area (Å²) in [7, 11) is 0. The van der Waals surface area contributed by atoms with Crippen molar-refractivity contribution in [1.29, 1.82) is 0 Å². The molecule has 17 heavy (non-hydrogen) atoms. The normalized spacial score (nSPS) is 25.6. The van der Waals surface area contributed by atoms with E-state index in [1.165, 1.54) is 0 Å². The van der Waals surface area contributed by atoms with Crippen molar-refractivity contribution >= 4 is 5.91 Å². The number of amides is 1. The summed E-state index contributed by atoms with van der Waals surface area (Å²) in [4.78, 5) is 12.4. The Labute approximate surface area is 105 Å². The number of carbonyl (C=O) groups is 1. The molecule has 0 aliphatic carbocycles. The van der Waals surface area contributed by atoms with E-state index in [-0.39, 0.29) is 17.4 Å². The minimum atomic E-state index is -0.248. The molecule has 0 spiro atoms. The third kappa shape index (κ3) is 3.01. The van der Waals surface area contributed by atoms with Gasteiger partial charge in [-0.1, -0.05) is 20.8 Å². The van der Waals surface area contributed by atoms with Crippen molar-refractivity contribution in [3.8, 4) is 12.3 Å². The quantitative estimate of drug-likeness (QED) is 0.711. The number of rotatable bonds is 5. The van der Waals surface area contributed by atoms with E-state index in [1.807, 2.05) is 0 Å². The van der Waals surface area contributed by atoms with Crippen molar-refractivity contribution in [3.05, 3.63) is 0 Å². The van der Waals surface area contributed by atoms with Crippen LogP contribution in [0, 0.1) is 23.7 Å². The Hall–Kier alpha value is -1.01. The zero-order valence-corrected chi connectivity index (χ0v) is 11.2. The Balaban J connectivity index is 2.70. The Morgan fingerprint density at radius 1 is 1.59 bits per heavy atom. The maximum absolute atomic E-state index is 12.4. The van der Waals surface area contributed by atoms with Crippen molar-refractivity contribution in [2.24, 2.45) is 11.3 Å². The van der Waals surface area contributed by atoms with Gasteiger partial charge < -0.3 is 10.6 Å². The van der Waals surface area contributed by atoms with E-state index < -0.39 is 0 Å². The summed E-state index contributed by atoms with van der Waals surface area (Å²) in [5.41, 5.74) is -0.248. The zero-order chi connectivity index (χ0) is 12.9. The van der Waals surface area contributed by atoms with Gasteiger partial charge in [-0.05, 0) is 25.3 Å². The molecule has 0 bridgehead atoms. The van der Waals surface area contributed by atoms with Crippen molar-refractivity contribution < 1.29 is 4.79 Å². The van der Waals surface area contributed by atoms with Gasteiger partial charge in [-0.2, -0.15) is 0 Å². The molecule has 1 heterocycles. The summed E-state index contributed by atoms with van der Waals surface area (Å²) in [6.07, 6.45) is 7.73. The Morgan fingerprint density at radius 3 is 2.71 bits per heavy atom. The van der Waals surface area contributed by atoms with E-state index in [1.54, 1.807) is 0 Å². The summed E-state index contributed by atoms with van der Waals surface area (Å²) >= 11 is 0. The van der Waals surface area contributed by atoms with Crippen LogP contribution in [0.1, 0.15) is 40.0 Å². The molecule has 1 fully saturated rings. The van der Waals surface area contributed by atoms with E-state index in [9.17, 15) is 4.79 Å². The molecule has 1 amide bonds. The summed E-state index contributed by atoms with van der Waals surface area (Å²) in [5, 5.41) is 6.41. The molecule has 2 atom stereocenters. The van der Waals surface area contributed by atoms with E-state index >= 15 is 0 Å². The molecule has 3 heteroatoms. The van der Waals surface area contributed by atoms with Crippen LogP contribution in [0.5, 0.6) is 0 Å². The Kier molecular flexibility index (Phi) is 5.02. The highest BCUT2D eigenvalue weighted by molar-refractivity contribution is 5.83. The van der Waals surface area contributed by atoms with Crippen molar-refractivity contribution in [1.82, 2.24) is 10.6 Å². The van der Waals surface area contributed by atoms with Crippen LogP contribution in [0.25, 0.3) is 0 Å². The lowest BCUT2D eigenvalue weighted by Gasteiger charge is -2.32. The largest absolute Gasteiger partial charge is 0.352 e. The number of nitrogens with one attached hydrogen (secondary N) is 2. The third-order valence-corrected chi connectivity index (χ3v) is 3.94. The number of hydrogen-bond donors (Lipinski definition) is 2. The van der Waals surface area contributed by atoms with Gasteiger partial charge in [0.15, 0.2) is 0 Å². The lowest BCUT2D eigenvalue weighted by Crippen LogP contribution is -2.49. The van der Waals surface area contributed by atoms with Crippen molar-refractivity contribution in [2.75, 3.05) is 13.1 Å². The second-order valence-electron chi connectivity index (χ2n) is 5.22. The molecule has 0 aromatic carbocycles. The highest BCUT2D eigenvalue weighted by Crippen LogP contribution is 2.34. The van der Waals surface area contributed by atoms with Crippen LogP contribution < -0.4 is 10.6 Å². The smallest absolute Gasteiger partial charge is 0.228 e. The molecule has 1 aliphatic heterocycles. The second-order valence-corrected chi connectivity index (χ2v) is 5.22. The molecule has 0 saturated carbocycles. The van der Waals surface area contributed by atoms with Gasteiger partial charge in [-0.25, -0.2) is 0 Å². The highest BCUT2D eigenvalue weighted by atomic mass is 16.2. The van der Waals surface area contributed by atoms with Gasteiger partial charge >= 0.3 is 0 Å². The molecule has 2 unspecified atom stereocenters. The van der Waals surface area contributed by atoms with E-state index in [0.29, 0.717) is 12.3 Å². The van der Waals surface area contributed by atoms with Gasteiger partial charge in [0.1, 0.15) is 0 Å². The first-order valence-electron chi connectivity index (χ1n) is 6.52. The summed E-state index contributed by atoms with van der Waals surface area (Å²) < 4.78 is 0. The van der Waals surface area contributed by atoms with E-state index in [2.05, 4.69) is 37.3 Å². The highest BCUT2D eigenvalue weighted by Gasteiger charge is 2.44. The average molecular weight is 236 g/mol. The first kappa shape index (κ1) is 14.1. The van der Waals surface area contributed by atoms with Crippen LogP contribution in [0.3, 0.4) is 0 Å². The monoisotopic (exact) mass is 236 g/mol. The maximum Gasteiger partial charge on any atom is 0.228 e. The van der Waals surface area contributed by atoms with Crippen LogP contribution >= 0.6 is 0 Å². The minimum Gasteiger partial charge on any atom is -0.352 e. The molecule has 0 aromatic rings. The van der Waals surface area contributed by atoms with Gasteiger partial charge in [0.05, 0.1) is 5.41 Å². The molecule has 2 N–H and O–H groups in total. The molecule has 96 valence electrons. The van der Waals surface area contributed by atoms with Gasteiger partial charge in [0.2, 0.25) is 5.91 Å². The molecule has 0 aromatic heterocycles. The van der Waals surface area contributed by atoms with Crippen LogP contribution in [0.15, 0.2) is 0 Å². The molecule has 3 nitrogen and oxygen atoms in total. The Bertz CT molecular complexity index is 298. The standard InChI is InChI=1S/C14H24N2O/c1-5-7-12(6-2)16-13(17)14(11(3)4)8-9-15-10-14/h1,11-12,15H,6-10H2,2-4H3,(H,16,17). The Morgan fingerprint density at radius 2 is 2.29 bits per heavy atom. The lowest BCUT2D eigenvalue weighted by atomic mass is 9.75. The predicted molar refractivity (Wildman–Crippen MR) is 70.4 cm³/mol. The topological polar surface area (TPSA) is 41.1 Å². The molecule has 1 saturated heterocycles. The molecular formula is C14H24N2O. The van der Waals surface area contributed by atoms with Crippen LogP contribution in [-0.4, -0.2) is 25.0 Å². The molecule has 1 rings (SSSR count). The summed E-state index contributed by atoms with van der Waals surface area (Å²) in [6.45, 7) is 8.00. The third-order valence-electron chi connectivity index (χ3n) is 3.94. The predicted octanol–water partition coefficient (Wildman–Crippen LogP) is 1.54. The second kappa shape index (κ2) is 6.07. The fraction of sp³-hybridized carbons (Fsp3) is 0.786. The van der Waals surface area contributed by atoms with E-state index in [0.717, 1.165) is 25.9 Å². The van der Waals surface area contributed by atoms with E-state index in [4.69, 9.17) is 6.42 Å². The maximum atomic E-state index is 12.4. The van der Waals surface area contributed by atoms with Crippen LogP contribution in [0.4, 0.5) is 0 Å². The first-order valence-corrected chi connectivity index (χ1v) is 6.52. The van der Waals surface area contributed by atoms with Gasteiger partial charge in [-0.3, -0.25) is 4.79 Å². The number of terminal acetylenes is 1. The fourth-order valence-electron chi connectivity index (χ4n) is 2.43. The lowest BCUT2D eigenvalue weighted by molar-refractivity contribution is -0.133. The SMILES string of the molecule is C#CCC(CC)NC(=O)C1(C(C)C)CCNC1. The molecule has 1 aliphatic rings.